The lowest BCUT2D eigenvalue weighted by molar-refractivity contribution is 0.148. The molecule has 1 aliphatic heterocycles. The van der Waals surface area contributed by atoms with Crippen molar-refractivity contribution in [3.05, 3.63) is 0 Å². The van der Waals surface area contributed by atoms with Crippen LogP contribution in [-0.4, -0.2) is 24.0 Å². The van der Waals surface area contributed by atoms with Gasteiger partial charge in [0.25, 0.3) is 0 Å². The number of piperidine rings is 1. The molecule has 94 valence electrons. The van der Waals surface area contributed by atoms with E-state index >= 15 is 0 Å². The summed E-state index contributed by atoms with van der Waals surface area (Å²) in [4.78, 5) is 2.80. The van der Waals surface area contributed by atoms with E-state index < -0.39 is 0 Å². The third-order valence-electron chi connectivity index (χ3n) is 4.66. The van der Waals surface area contributed by atoms with Crippen molar-refractivity contribution in [2.24, 2.45) is 5.92 Å². The molecule has 0 aromatic heterocycles. The van der Waals surface area contributed by atoms with Gasteiger partial charge in [0, 0.05) is 6.04 Å². The number of nitrogens with zero attached hydrogens (tertiary/aromatic N) is 1. The molecule has 2 aliphatic rings. The lowest BCUT2D eigenvalue weighted by Gasteiger charge is -2.34. The molecule has 1 nitrogen and oxygen atoms in total. The van der Waals surface area contributed by atoms with Gasteiger partial charge in [0.05, 0.1) is 0 Å². The lowest BCUT2D eigenvalue weighted by atomic mass is 9.95. The molecule has 2 rings (SSSR count). The Morgan fingerprint density at radius 3 is 2.44 bits per heavy atom. The Hall–Kier alpha value is -0.0400. The molecule has 1 saturated heterocycles. The lowest BCUT2D eigenvalue weighted by Crippen LogP contribution is -2.38. The zero-order valence-electron chi connectivity index (χ0n) is 11.1. The number of rotatable bonds is 3. The van der Waals surface area contributed by atoms with E-state index in [0.717, 1.165) is 12.0 Å². The summed E-state index contributed by atoms with van der Waals surface area (Å²) in [7, 11) is 0. The van der Waals surface area contributed by atoms with Crippen LogP contribution in [0.4, 0.5) is 0 Å². The smallest absolute Gasteiger partial charge is 0.00953 e. The van der Waals surface area contributed by atoms with Crippen molar-refractivity contribution in [1.29, 1.82) is 0 Å². The van der Waals surface area contributed by atoms with E-state index in [0.29, 0.717) is 0 Å². The summed E-state index contributed by atoms with van der Waals surface area (Å²) >= 11 is 0. The molecule has 0 aromatic carbocycles. The number of hydrogen-bond acceptors (Lipinski definition) is 1. The fourth-order valence-electron chi connectivity index (χ4n) is 3.70. The molecule has 1 heteroatoms. The third-order valence-corrected chi connectivity index (χ3v) is 4.66. The summed E-state index contributed by atoms with van der Waals surface area (Å²) in [5, 5.41) is 0. The van der Waals surface area contributed by atoms with Crippen LogP contribution in [0.3, 0.4) is 0 Å². The van der Waals surface area contributed by atoms with Gasteiger partial charge in [-0.25, -0.2) is 0 Å². The van der Waals surface area contributed by atoms with Crippen LogP contribution in [0, 0.1) is 5.92 Å². The maximum absolute atomic E-state index is 2.80. The van der Waals surface area contributed by atoms with Crippen LogP contribution in [0.25, 0.3) is 0 Å². The van der Waals surface area contributed by atoms with Crippen LogP contribution in [0.2, 0.25) is 0 Å². The van der Waals surface area contributed by atoms with Gasteiger partial charge in [-0.3, -0.25) is 0 Å². The van der Waals surface area contributed by atoms with E-state index in [1.165, 1.54) is 77.3 Å². The van der Waals surface area contributed by atoms with E-state index in [-0.39, 0.29) is 0 Å². The highest BCUT2D eigenvalue weighted by molar-refractivity contribution is 4.79. The Balaban J connectivity index is 1.78. The Kier molecular flexibility index (Phi) is 5.15. The molecule has 0 spiro atoms. The monoisotopic (exact) mass is 223 g/mol. The maximum atomic E-state index is 2.80. The van der Waals surface area contributed by atoms with Crippen molar-refractivity contribution < 1.29 is 0 Å². The normalized spacial score (nSPS) is 33.6. The second kappa shape index (κ2) is 6.64. The van der Waals surface area contributed by atoms with Gasteiger partial charge in [-0.15, -0.1) is 0 Å². The van der Waals surface area contributed by atoms with E-state index in [9.17, 15) is 0 Å². The minimum atomic E-state index is 0.946. The van der Waals surface area contributed by atoms with Crippen LogP contribution in [0.1, 0.15) is 71.1 Å². The minimum Gasteiger partial charge on any atom is -0.300 e. The van der Waals surface area contributed by atoms with Gasteiger partial charge in [0.1, 0.15) is 0 Å². The summed E-state index contributed by atoms with van der Waals surface area (Å²) in [5.74, 6) is 1.06. The summed E-state index contributed by atoms with van der Waals surface area (Å²) in [6, 6.07) is 0.946. The standard InChI is InChI=1S/C15H29N/c1-2-7-14-8-6-9-15(11-10-14)16-12-4-3-5-13-16/h14-15H,2-13H2,1H3. The molecule has 1 saturated carbocycles. The zero-order valence-corrected chi connectivity index (χ0v) is 11.1. The molecule has 0 radical (unpaired) electrons. The highest BCUT2D eigenvalue weighted by Gasteiger charge is 2.24. The minimum absolute atomic E-state index is 0.946. The molecule has 0 amide bonds. The van der Waals surface area contributed by atoms with Crippen molar-refractivity contribution in [3.8, 4) is 0 Å². The summed E-state index contributed by atoms with van der Waals surface area (Å²) in [6.07, 6.45) is 14.7. The third kappa shape index (κ3) is 3.48. The highest BCUT2D eigenvalue weighted by Crippen LogP contribution is 2.30. The molecular weight excluding hydrogens is 194 g/mol. The Labute approximate surface area is 102 Å². The molecule has 1 aliphatic carbocycles. The SMILES string of the molecule is CCCC1CCCC(N2CCCCC2)CC1. The van der Waals surface area contributed by atoms with E-state index in [1.54, 1.807) is 0 Å². The Morgan fingerprint density at radius 2 is 1.69 bits per heavy atom. The van der Waals surface area contributed by atoms with Crippen LogP contribution >= 0.6 is 0 Å². The molecule has 0 bridgehead atoms. The van der Waals surface area contributed by atoms with Crippen molar-refractivity contribution in [1.82, 2.24) is 4.90 Å². The van der Waals surface area contributed by atoms with Gasteiger partial charge in [-0.1, -0.05) is 39.0 Å². The predicted octanol–water partition coefficient (Wildman–Crippen LogP) is 4.22. The van der Waals surface area contributed by atoms with Crippen molar-refractivity contribution in [2.45, 2.75) is 77.2 Å². The second-order valence-electron chi connectivity index (χ2n) is 5.91. The maximum Gasteiger partial charge on any atom is 0.00953 e. The second-order valence-corrected chi connectivity index (χ2v) is 5.91. The quantitative estimate of drug-likeness (QED) is 0.647. The van der Waals surface area contributed by atoms with Gasteiger partial charge in [-0.05, 0) is 51.1 Å². The Bertz CT molecular complexity index is 184. The van der Waals surface area contributed by atoms with Gasteiger partial charge >= 0.3 is 0 Å². The first-order valence-corrected chi connectivity index (χ1v) is 7.64. The predicted molar refractivity (Wildman–Crippen MR) is 70.7 cm³/mol. The summed E-state index contributed by atoms with van der Waals surface area (Å²) in [6.45, 7) is 5.12. The van der Waals surface area contributed by atoms with Crippen molar-refractivity contribution in [2.75, 3.05) is 13.1 Å². The van der Waals surface area contributed by atoms with Gasteiger partial charge in [0.2, 0.25) is 0 Å². The first-order chi connectivity index (χ1) is 7.90. The number of hydrogen-bond donors (Lipinski definition) is 0. The Morgan fingerprint density at radius 1 is 0.875 bits per heavy atom. The fourth-order valence-corrected chi connectivity index (χ4v) is 3.70. The van der Waals surface area contributed by atoms with Gasteiger partial charge in [-0.2, -0.15) is 0 Å². The van der Waals surface area contributed by atoms with Crippen molar-refractivity contribution in [3.63, 3.8) is 0 Å². The average molecular weight is 223 g/mol. The molecule has 2 fully saturated rings. The first kappa shape index (κ1) is 12.4. The molecule has 1 heterocycles. The molecule has 16 heavy (non-hydrogen) atoms. The van der Waals surface area contributed by atoms with Crippen LogP contribution in [0.15, 0.2) is 0 Å². The van der Waals surface area contributed by atoms with E-state index in [1.807, 2.05) is 0 Å². The average Bonchev–Trinajstić information content (AvgIpc) is 2.57. The van der Waals surface area contributed by atoms with Gasteiger partial charge < -0.3 is 4.90 Å². The van der Waals surface area contributed by atoms with E-state index in [4.69, 9.17) is 0 Å². The topological polar surface area (TPSA) is 3.24 Å². The molecule has 0 aromatic rings. The van der Waals surface area contributed by atoms with E-state index in [2.05, 4.69) is 11.8 Å². The highest BCUT2D eigenvalue weighted by atomic mass is 15.2. The molecule has 2 unspecified atom stereocenters. The zero-order chi connectivity index (χ0) is 11.2. The molecule has 2 atom stereocenters. The molecular formula is C15H29N. The van der Waals surface area contributed by atoms with Crippen molar-refractivity contribution >= 4 is 0 Å². The number of likely N-dealkylation sites (tertiary alicyclic amines) is 1. The van der Waals surface area contributed by atoms with Crippen LogP contribution < -0.4 is 0 Å². The summed E-state index contributed by atoms with van der Waals surface area (Å²) in [5.41, 5.74) is 0. The van der Waals surface area contributed by atoms with Gasteiger partial charge in [0.15, 0.2) is 0 Å². The summed E-state index contributed by atoms with van der Waals surface area (Å²) < 4.78 is 0. The fraction of sp³-hybridized carbons (Fsp3) is 1.00. The van der Waals surface area contributed by atoms with Crippen LogP contribution in [-0.2, 0) is 0 Å². The largest absolute Gasteiger partial charge is 0.300 e. The van der Waals surface area contributed by atoms with Crippen LogP contribution in [0.5, 0.6) is 0 Å². The first-order valence-electron chi connectivity index (χ1n) is 7.64. The molecule has 0 N–H and O–H groups in total.